The summed E-state index contributed by atoms with van der Waals surface area (Å²) in [5.74, 6) is 1.87. The van der Waals surface area contributed by atoms with Crippen molar-refractivity contribution in [2.24, 2.45) is 7.05 Å². The fraction of sp³-hybridized carbons (Fsp3) is 0.500. The Balaban J connectivity index is 1.59. The molecule has 1 fully saturated rings. The molecule has 1 aliphatic rings. The second kappa shape index (κ2) is 5.58. The van der Waals surface area contributed by atoms with Gasteiger partial charge in [0.25, 0.3) is 0 Å². The number of hydrogen-bond acceptors (Lipinski definition) is 5. The Morgan fingerprint density at radius 1 is 1.35 bits per heavy atom. The Hall–Kier alpha value is -1.95. The van der Waals surface area contributed by atoms with Crippen LogP contribution in [0.25, 0.3) is 0 Å². The predicted octanol–water partition coefficient (Wildman–Crippen LogP) is 1.10. The molecule has 0 spiro atoms. The number of hydrogen-bond donors (Lipinski definition) is 1. The van der Waals surface area contributed by atoms with Crippen LogP contribution in [0, 0.1) is 0 Å². The van der Waals surface area contributed by atoms with E-state index < -0.39 is 0 Å². The van der Waals surface area contributed by atoms with Crippen molar-refractivity contribution in [3.8, 4) is 0 Å². The van der Waals surface area contributed by atoms with E-state index in [0.29, 0.717) is 6.04 Å². The Bertz CT molecular complexity index is 557. The second-order valence-electron chi connectivity index (χ2n) is 5.35. The van der Waals surface area contributed by atoms with Gasteiger partial charge in [0.1, 0.15) is 5.82 Å². The molecule has 0 radical (unpaired) electrons. The largest absolute Gasteiger partial charge is 0.351 e. The van der Waals surface area contributed by atoms with Crippen molar-refractivity contribution in [2.75, 3.05) is 11.9 Å². The topological polar surface area (TPSA) is 58.9 Å². The van der Waals surface area contributed by atoms with E-state index in [0.717, 1.165) is 30.4 Å². The molecule has 1 aliphatic carbocycles. The summed E-state index contributed by atoms with van der Waals surface area (Å²) in [5.41, 5.74) is 0.992. The maximum atomic E-state index is 4.32. The maximum absolute atomic E-state index is 4.32. The molecule has 3 rings (SSSR count). The molecule has 2 aromatic heterocycles. The van der Waals surface area contributed by atoms with Gasteiger partial charge in [0.2, 0.25) is 0 Å². The molecule has 106 valence electrons. The highest BCUT2D eigenvalue weighted by molar-refractivity contribution is 5.36. The lowest BCUT2D eigenvalue weighted by Crippen LogP contribution is -2.21. The number of anilines is 1. The molecule has 20 heavy (non-hydrogen) atoms. The minimum absolute atomic E-state index is 0.697. The lowest BCUT2D eigenvalue weighted by Gasteiger charge is -2.17. The average Bonchev–Trinajstić information content (AvgIpc) is 3.21. The van der Waals surface area contributed by atoms with Crippen LogP contribution in [0.5, 0.6) is 0 Å². The van der Waals surface area contributed by atoms with Gasteiger partial charge in [-0.05, 0) is 25.0 Å². The summed E-state index contributed by atoms with van der Waals surface area (Å²) in [4.78, 5) is 6.37. The number of rotatable bonds is 6. The van der Waals surface area contributed by atoms with Gasteiger partial charge in [0.05, 0.1) is 12.2 Å². The van der Waals surface area contributed by atoms with Crippen LogP contribution in [-0.4, -0.2) is 32.8 Å². The smallest absolute Gasteiger partial charge is 0.151 e. The molecule has 0 unspecified atom stereocenters. The van der Waals surface area contributed by atoms with Crippen LogP contribution >= 0.6 is 0 Å². The van der Waals surface area contributed by atoms with Crippen molar-refractivity contribution in [2.45, 2.75) is 32.0 Å². The Morgan fingerprint density at radius 3 is 2.80 bits per heavy atom. The van der Waals surface area contributed by atoms with Crippen molar-refractivity contribution in [3.63, 3.8) is 0 Å². The first kappa shape index (κ1) is 13.1. The van der Waals surface area contributed by atoms with Crippen LogP contribution in [0.15, 0.2) is 24.5 Å². The average molecular weight is 272 g/mol. The lowest BCUT2D eigenvalue weighted by atomic mass is 10.3. The highest BCUT2D eigenvalue weighted by Crippen LogP contribution is 2.19. The quantitative estimate of drug-likeness (QED) is 0.853. The summed E-state index contributed by atoms with van der Waals surface area (Å²) in [6, 6.07) is 4.74. The highest BCUT2D eigenvalue weighted by Gasteiger charge is 2.20. The van der Waals surface area contributed by atoms with Gasteiger partial charge in [-0.1, -0.05) is 0 Å². The van der Waals surface area contributed by atoms with Crippen molar-refractivity contribution in [1.82, 2.24) is 25.1 Å². The minimum atomic E-state index is 0.697. The molecule has 2 heterocycles. The third-order valence-corrected chi connectivity index (χ3v) is 3.55. The Labute approximate surface area is 118 Å². The standard InChI is InChI=1S/C14H20N6/c1-19-8-7-15-14(19)10-20(2)13-6-5-12(17-18-13)9-16-11-3-4-11/h5-8,11,16H,3-4,9-10H2,1-2H3. The van der Waals surface area contributed by atoms with E-state index in [1.807, 2.05) is 48.1 Å². The third-order valence-electron chi connectivity index (χ3n) is 3.55. The fourth-order valence-corrected chi connectivity index (χ4v) is 2.03. The lowest BCUT2D eigenvalue weighted by molar-refractivity contribution is 0.663. The first-order valence-corrected chi connectivity index (χ1v) is 6.95. The van der Waals surface area contributed by atoms with Crippen molar-refractivity contribution in [1.29, 1.82) is 0 Å². The summed E-state index contributed by atoms with van der Waals surface area (Å²) >= 11 is 0. The van der Waals surface area contributed by atoms with E-state index in [-0.39, 0.29) is 0 Å². The summed E-state index contributed by atoms with van der Waals surface area (Å²) in [6.07, 6.45) is 6.33. The Kier molecular flexibility index (Phi) is 3.64. The molecule has 0 saturated heterocycles. The van der Waals surface area contributed by atoms with Gasteiger partial charge in [-0.15, -0.1) is 5.10 Å². The molecule has 1 N–H and O–H groups in total. The van der Waals surface area contributed by atoms with E-state index in [2.05, 4.69) is 20.5 Å². The minimum Gasteiger partial charge on any atom is -0.351 e. The third kappa shape index (κ3) is 3.14. The van der Waals surface area contributed by atoms with Crippen LogP contribution < -0.4 is 10.2 Å². The van der Waals surface area contributed by atoms with Crippen LogP contribution in [0.1, 0.15) is 24.4 Å². The fourth-order valence-electron chi connectivity index (χ4n) is 2.03. The normalized spacial score (nSPS) is 14.5. The van der Waals surface area contributed by atoms with Gasteiger partial charge < -0.3 is 14.8 Å². The van der Waals surface area contributed by atoms with Gasteiger partial charge in [-0.25, -0.2) is 4.98 Å². The first-order valence-electron chi connectivity index (χ1n) is 6.95. The van der Waals surface area contributed by atoms with Crippen molar-refractivity contribution in [3.05, 3.63) is 36.0 Å². The zero-order chi connectivity index (χ0) is 13.9. The zero-order valence-corrected chi connectivity index (χ0v) is 12.0. The van der Waals surface area contributed by atoms with E-state index in [4.69, 9.17) is 0 Å². The van der Waals surface area contributed by atoms with Gasteiger partial charge in [-0.2, -0.15) is 5.10 Å². The zero-order valence-electron chi connectivity index (χ0n) is 12.0. The summed E-state index contributed by atoms with van der Waals surface area (Å²) < 4.78 is 2.01. The van der Waals surface area contributed by atoms with Gasteiger partial charge in [0.15, 0.2) is 5.82 Å². The van der Waals surface area contributed by atoms with Crippen LogP contribution in [0.2, 0.25) is 0 Å². The number of aromatic nitrogens is 4. The molecule has 6 nitrogen and oxygen atoms in total. The second-order valence-corrected chi connectivity index (χ2v) is 5.35. The molecule has 0 aliphatic heterocycles. The van der Waals surface area contributed by atoms with E-state index >= 15 is 0 Å². The molecule has 0 atom stereocenters. The number of nitrogens with zero attached hydrogens (tertiary/aromatic N) is 5. The molecular weight excluding hydrogens is 252 g/mol. The van der Waals surface area contributed by atoms with E-state index in [1.165, 1.54) is 12.8 Å². The molecule has 1 saturated carbocycles. The van der Waals surface area contributed by atoms with Crippen LogP contribution in [0.4, 0.5) is 5.82 Å². The van der Waals surface area contributed by atoms with Crippen molar-refractivity contribution < 1.29 is 0 Å². The maximum Gasteiger partial charge on any atom is 0.151 e. The first-order chi connectivity index (χ1) is 9.72. The molecule has 2 aromatic rings. The molecule has 0 bridgehead atoms. The Morgan fingerprint density at radius 2 is 2.20 bits per heavy atom. The van der Waals surface area contributed by atoms with Gasteiger partial charge in [-0.3, -0.25) is 0 Å². The molecule has 0 aromatic carbocycles. The molecule has 0 amide bonds. The molecular formula is C14H20N6. The highest BCUT2D eigenvalue weighted by atomic mass is 15.3. The number of imidazole rings is 1. The van der Waals surface area contributed by atoms with Crippen LogP contribution in [-0.2, 0) is 20.1 Å². The summed E-state index contributed by atoms with van der Waals surface area (Å²) in [7, 11) is 4.00. The monoisotopic (exact) mass is 272 g/mol. The summed E-state index contributed by atoms with van der Waals surface area (Å²) in [5, 5.41) is 12.0. The molecule has 6 heteroatoms. The van der Waals surface area contributed by atoms with E-state index in [1.54, 1.807) is 0 Å². The van der Waals surface area contributed by atoms with Crippen LogP contribution in [0.3, 0.4) is 0 Å². The van der Waals surface area contributed by atoms with Gasteiger partial charge >= 0.3 is 0 Å². The SMILES string of the molecule is CN(Cc1nccn1C)c1ccc(CNC2CC2)nn1. The number of nitrogens with one attached hydrogen (secondary N) is 1. The predicted molar refractivity (Wildman–Crippen MR) is 77.2 cm³/mol. The van der Waals surface area contributed by atoms with Crippen molar-refractivity contribution >= 4 is 5.82 Å². The summed E-state index contributed by atoms with van der Waals surface area (Å²) in [6.45, 7) is 1.53. The van der Waals surface area contributed by atoms with E-state index in [9.17, 15) is 0 Å². The number of aryl methyl sites for hydroxylation is 1. The van der Waals surface area contributed by atoms with Gasteiger partial charge in [0, 0.05) is 39.1 Å².